The van der Waals surface area contributed by atoms with Crippen LogP contribution in [0, 0.1) is 11.3 Å². The van der Waals surface area contributed by atoms with Gasteiger partial charge in [-0.15, -0.1) is 23.5 Å². The van der Waals surface area contributed by atoms with Crippen LogP contribution in [0.4, 0.5) is 5.82 Å². The third-order valence-electron chi connectivity index (χ3n) is 4.44. The van der Waals surface area contributed by atoms with Crippen LogP contribution in [0.1, 0.15) is 51.0 Å². The Morgan fingerprint density at radius 3 is 2.70 bits per heavy atom. The number of aromatic amines is 1. The molecule has 0 saturated carbocycles. The van der Waals surface area contributed by atoms with E-state index in [1.165, 1.54) is 17.1 Å². The zero-order valence-electron chi connectivity index (χ0n) is 15.0. The number of unbranched alkanes of at least 4 members (excludes halogenated alkanes) is 2. The lowest BCUT2D eigenvalue weighted by Gasteiger charge is -2.09. The number of carbonyl (C=O) groups is 1. The van der Waals surface area contributed by atoms with Crippen LogP contribution in [-0.4, -0.2) is 34.2 Å². The van der Waals surface area contributed by atoms with Crippen molar-refractivity contribution in [2.24, 2.45) is 0 Å². The second kappa shape index (κ2) is 9.72. The van der Waals surface area contributed by atoms with Crippen molar-refractivity contribution in [2.75, 3.05) is 23.8 Å². The summed E-state index contributed by atoms with van der Waals surface area (Å²) < 4.78 is 0.508. The minimum atomic E-state index is -0.0265. The van der Waals surface area contributed by atoms with Crippen LogP contribution in [0.5, 0.6) is 0 Å². The summed E-state index contributed by atoms with van der Waals surface area (Å²) >= 11 is 3.93. The van der Waals surface area contributed by atoms with Crippen LogP contribution in [-0.2, 0) is 6.42 Å². The average molecular weight is 402 g/mol. The van der Waals surface area contributed by atoms with E-state index in [1.807, 2.05) is 35.7 Å². The average Bonchev–Trinajstić information content (AvgIpc) is 3.34. The number of nitrogens with one attached hydrogen (secondary N) is 2. The van der Waals surface area contributed by atoms with Crippen molar-refractivity contribution in [3.05, 3.63) is 46.6 Å². The predicted octanol–water partition coefficient (Wildman–Crippen LogP) is 3.48. The van der Waals surface area contributed by atoms with E-state index < -0.39 is 0 Å². The van der Waals surface area contributed by atoms with Gasteiger partial charge >= 0.3 is 0 Å². The van der Waals surface area contributed by atoms with Gasteiger partial charge in [0.2, 0.25) is 0 Å². The summed E-state index contributed by atoms with van der Waals surface area (Å²) in [5.74, 6) is 2.63. The zero-order chi connectivity index (χ0) is 19.1. The Kier molecular flexibility index (Phi) is 7.07. The third kappa shape index (κ3) is 5.21. The number of hydrogen-bond acceptors (Lipinski definition) is 6. The molecule has 2 heterocycles. The number of nitrogens with two attached hydrogens (primary N) is 1. The zero-order valence-corrected chi connectivity index (χ0v) is 16.7. The van der Waals surface area contributed by atoms with Crippen LogP contribution in [0.15, 0.2) is 24.3 Å². The Hall–Kier alpha value is -2.11. The number of anilines is 1. The molecule has 1 amide bonds. The van der Waals surface area contributed by atoms with Gasteiger partial charge in [0.25, 0.3) is 5.91 Å². The molecule has 0 bridgehead atoms. The second-order valence-corrected chi connectivity index (χ2v) is 9.06. The van der Waals surface area contributed by atoms with Crippen LogP contribution >= 0.6 is 23.5 Å². The standard InChI is InChI=1S/C19H23N5OS2/c20-12-15-16(23-24-17(15)21)4-2-1-3-9-22-18(25)13-5-7-14(8-6-13)19-26-10-11-27-19/h5-8,19H,1-4,9-11H2,(H,22,25)(H3,21,23,24). The number of H-pyrrole nitrogens is 1. The molecule has 3 rings (SSSR count). The molecule has 4 N–H and O–H groups in total. The fourth-order valence-electron chi connectivity index (χ4n) is 2.95. The van der Waals surface area contributed by atoms with Gasteiger partial charge < -0.3 is 11.1 Å². The molecule has 0 unspecified atom stereocenters. The molecular formula is C19H23N5OS2. The number of carbonyl (C=O) groups excluding carboxylic acids is 1. The molecule has 0 atom stereocenters. The Labute approximate surface area is 167 Å². The summed E-state index contributed by atoms with van der Waals surface area (Å²) in [6, 6.07) is 10.0. The van der Waals surface area contributed by atoms with E-state index in [4.69, 9.17) is 11.0 Å². The molecule has 1 aromatic heterocycles. The number of amides is 1. The van der Waals surface area contributed by atoms with E-state index in [0.717, 1.165) is 31.4 Å². The molecule has 2 aromatic rings. The fraction of sp³-hybridized carbons (Fsp3) is 0.421. The highest BCUT2D eigenvalue weighted by Crippen LogP contribution is 2.45. The maximum atomic E-state index is 12.2. The summed E-state index contributed by atoms with van der Waals surface area (Å²) in [4.78, 5) is 12.2. The van der Waals surface area contributed by atoms with Crippen LogP contribution in [0.3, 0.4) is 0 Å². The number of hydrogen-bond donors (Lipinski definition) is 3. The molecule has 1 saturated heterocycles. The molecule has 0 radical (unpaired) electrons. The molecule has 0 aliphatic carbocycles. The fourth-order valence-corrected chi connectivity index (χ4v) is 5.81. The Balaban J connectivity index is 1.35. The molecule has 1 aliphatic heterocycles. The van der Waals surface area contributed by atoms with Gasteiger partial charge in [0.1, 0.15) is 11.6 Å². The topological polar surface area (TPSA) is 108 Å². The Bertz CT molecular complexity index is 806. The minimum absolute atomic E-state index is 0.0265. The third-order valence-corrected chi connectivity index (χ3v) is 7.54. The lowest BCUT2D eigenvalue weighted by molar-refractivity contribution is 0.0953. The quantitative estimate of drug-likeness (QED) is 0.585. The van der Waals surface area contributed by atoms with E-state index in [0.29, 0.717) is 22.3 Å². The number of aryl methyl sites for hydroxylation is 1. The second-order valence-electron chi connectivity index (χ2n) is 6.34. The van der Waals surface area contributed by atoms with Crippen molar-refractivity contribution in [1.29, 1.82) is 5.26 Å². The molecule has 0 spiro atoms. The highest BCUT2D eigenvalue weighted by atomic mass is 32.2. The van der Waals surface area contributed by atoms with Gasteiger partial charge in [0, 0.05) is 23.6 Å². The van der Waals surface area contributed by atoms with E-state index in [-0.39, 0.29) is 11.7 Å². The number of nitrogen functional groups attached to an aromatic ring is 1. The number of nitriles is 1. The van der Waals surface area contributed by atoms with E-state index >= 15 is 0 Å². The lowest BCUT2D eigenvalue weighted by Crippen LogP contribution is -2.24. The number of aromatic nitrogens is 2. The molecular weight excluding hydrogens is 378 g/mol. The largest absolute Gasteiger partial charge is 0.381 e. The van der Waals surface area contributed by atoms with Crippen molar-refractivity contribution in [3.8, 4) is 6.07 Å². The van der Waals surface area contributed by atoms with Crippen molar-refractivity contribution >= 4 is 35.2 Å². The predicted molar refractivity (Wildman–Crippen MR) is 112 cm³/mol. The maximum absolute atomic E-state index is 12.2. The summed E-state index contributed by atoms with van der Waals surface area (Å²) in [6.45, 7) is 0.644. The van der Waals surface area contributed by atoms with Gasteiger partial charge in [0.15, 0.2) is 5.82 Å². The van der Waals surface area contributed by atoms with E-state index in [2.05, 4.69) is 33.7 Å². The normalized spacial score (nSPS) is 14.2. The lowest BCUT2D eigenvalue weighted by atomic mass is 10.1. The summed E-state index contributed by atoms with van der Waals surface area (Å²) in [5, 5.41) is 18.7. The first-order valence-corrected chi connectivity index (χ1v) is 11.1. The number of nitrogens with zero attached hydrogens (tertiary/aromatic N) is 2. The SMILES string of the molecule is N#Cc1c(N)n[nH]c1CCCCCNC(=O)c1ccc(C2SCCS2)cc1. The number of rotatable bonds is 8. The highest BCUT2D eigenvalue weighted by Gasteiger charge is 2.18. The van der Waals surface area contributed by atoms with Crippen molar-refractivity contribution < 1.29 is 4.79 Å². The molecule has 27 heavy (non-hydrogen) atoms. The summed E-state index contributed by atoms with van der Waals surface area (Å²) in [6.07, 6.45) is 3.50. The molecule has 1 fully saturated rings. The van der Waals surface area contributed by atoms with Crippen molar-refractivity contribution in [3.63, 3.8) is 0 Å². The maximum Gasteiger partial charge on any atom is 0.251 e. The number of thioether (sulfide) groups is 2. The first-order valence-electron chi connectivity index (χ1n) is 9.03. The van der Waals surface area contributed by atoms with Gasteiger partial charge in [-0.1, -0.05) is 18.6 Å². The van der Waals surface area contributed by atoms with Gasteiger partial charge in [-0.3, -0.25) is 9.89 Å². The van der Waals surface area contributed by atoms with Gasteiger partial charge in [-0.2, -0.15) is 10.4 Å². The van der Waals surface area contributed by atoms with Gasteiger partial charge in [-0.25, -0.2) is 0 Å². The van der Waals surface area contributed by atoms with Crippen molar-refractivity contribution in [1.82, 2.24) is 15.5 Å². The molecule has 1 aromatic carbocycles. The minimum Gasteiger partial charge on any atom is -0.381 e. The number of benzene rings is 1. The van der Waals surface area contributed by atoms with Gasteiger partial charge in [0.05, 0.1) is 10.3 Å². The van der Waals surface area contributed by atoms with E-state index in [1.54, 1.807) is 0 Å². The molecule has 142 valence electrons. The highest BCUT2D eigenvalue weighted by molar-refractivity contribution is 8.19. The summed E-state index contributed by atoms with van der Waals surface area (Å²) in [7, 11) is 0. The Morgan fingerprint density at radius 2 is 2.00 bits per heavy atom. The molecule has 8 heteroatoms. The van der Waals surface area contributed by atoms with Crippen LogP contribution < -0.4 is 11.1 Å². The smallest absolute Gasteiger partial charge is 0.251 e. The molecule has 6 nitrogen and oxygen atoms in total. The first kappa shape index (κ1) is 19.6. The van der Waals surface area contributed by atoms with Crippen LogP contribution in [0.25, 0.3) is 0 Å². The van der Waals surface area contributed by atoms with Crippen LogP contribution in [0.2, 0.25) is 0 Å². The Morgan fingerprint density at radius 1 is 1.26 bits per heavy atom. The summed E-state index contributed by atoms with van der Waals surface area (Å²) in [5.41, 5.74) is 8.85. The van der Waals surface area contributed by atoms with E-state index in [9.17, 15) is 4.79 Å². The first-order chi connectivity index (χ1) is 13.2. The van der Waals surface area contributed by atoms with Crippen molar-refractivity contribution in [2.45, 2.75) is 30.3 Å². The monoisotopic (exact) mass is 401 g/mol. The molecule has 1 aliphatic rings. The van der Waals surface area contributed by atoms with Gasteiger partial charge in [-0.05, 0) is 37.0 Å².